The van der Waals surface area contributed by atoms with Crippen LogP contribution in [0, 0.1) is 5.92 Å². The van der Waals surface area contributed by atoms with Crippen molar-refractivity contribution in [3.05, 3.63) is 35.4 Å². The molecule has 0 aliphatic heterocycles. The summed E-state index contributed by atoms with van der Waals surface area (Å²) < 4.78 is 10.8. The number of carbonyl (C=O) groups excluding carboxylic acids is 2. The molecule has 0 heterocycles. The number of esters is 2. The maximum Gasteiger partial charge on any atom is 0.338 e. The van der Waals surface area contributed by atoms with Gasteiger partial charge in [0.2, 0.25) is 0 Å². The maximum atomic E-state index is 12.2. The molecule has 1 atom stereocenters. The second-order valence-electron chi connectivity index (χ2n) is 7.43. The van der Waals surface area contributed by atoms with Gasteiger partial charge in [0.1, 0.15) is 6.10 Å². The summed E-state index contributed by atoms with van der Waals surface area (Å²) in [6.45, 7) is 8.73. The third-order valence-electron chi connectivity index (χ3n) is 4.74. The number of hydrogen-bond donors (Lipinski definition) is 0. The van der Waals surface area contributed by atoms with Crippen LogP contribution in [-0.4, -0.2) is 24.6 Å². The van der Waals surface area contributed by atoms with Gasteiger partial charge in [-0.3, -0.25) is 0 Å². The van der Waals surface area contributed by atoms with Crippen molar-refractivity contribution in [1.82, 2.24) is 0 Å². The normalized spacial score (nSPS) is 12.0. The Hall–Kier alpha value is -1.84. The first kappa shape index (κ1) is 23.2. The number of benzene rings is 1. The van der Waals surface area contributed by atoms with Crippen molar-refractivity contribution in [3.63, 3.8) is 0 Å². The quantitative estimate of drug-likeness (QED) is 0.304. The summed E-state index contributed by atoms with van der Waals surface area (Å²) in [6.07, 6.45) is 8.99. The van der Waals surface area contributed by atoms with E-state index >= 15 is 0 Å². The fraction of sp³-hybridized carbons (Fsp3) is 0.652. The molecule has 0 amide bonds. The summed E-state index contributed by atoms with van der Waals surface area (Å²) in [4.78, 5) is 24.3. The zero-order chi connectivity index (χ0) is 20.1. The van der Waals surface area contributed by atoms with E-state index < -0.39 is 0 Å². The second kappa shape index (κ2) is 13.3. The molecule has 0 aromatic heterocycles. The Kier molecular flexibility index (Phi) is 11.5. The molecule has 0 radical (unpaired) electrons. The highest BCUT2D eigenvalue weighted by Crippen LogP contribution is 2.15. The first-order valence-electron chi connectivity index (χ1n) is 10.5. The Balaban J connectivity index is 2.35. The van der Waals surface area contributed by atoms with Crippen LogP contribution in [0.1, 0.15) is 99.8 Å². The van der Waals surface area contributed by atoms with Crippen molar-refractivity contribution in [2.75, 3.05) is 6.61 Å². The highest BCUT2D eigenvalue weighted by Gasteiger charge is 2.18. The maximum absolute atomic E-state index is 12.2. The molecule has 0 spiro atoms. The average Bonchev–Trinajstić information content (AvgIpc) is 2.67. The van der Waals surface area contributed by atoms with Gasteiger partial charge in [-0.15, -0.1) is 0 Å². The SMILES string of the molecule is CCCCCCCCCOC(=O)c1ccc(C(=O)OC(CC)C(C)C)cc1. The summed E-state index contributed by atoms with van der Waals surface area (Å²) >= 11 is 0. The van der Waals surface area contributed by atoms with Crippen molar-refractivity contribution < 1.29 is 19.1 Å². The number of rotatable bonds is 13. The van der Waals surface area contributed by atoms with Crippen LogP contribution < -0.4 is 0 Å². The van der Waals surface area contributed by atoms with Crippen LogP contribution >= 0.6 is 0 Å². The van der Waals surface area contributed by atoms with Crippen molar-refractivity contribution in [2.24, 2.45) is 5.92 Å². The minimum absolute atomic E-state index is 0.0934. The molecule has 0 saturated heterocycles. The zero-order valence-electron chi connectivity index (χ0n) is 17.5. The van der Waals surface area contributed by atoms with Crippen molar-refractivity contribution >= 4 is 11.9 Å². The van der Waals surface area contributed by atoms with Gasteiger partial charge in [0, 0.05) is 0 Å². The monoisotopic (exact) mass is 376 g/mol. The third-order valence-corrected chi connectivity index (χ3v) is 4.74. The molecule has 152 valence electrons. The van der Waals surface area contributed by atoms with Crippen LogP contribution in [0.2, 0.25) is 0 Å². The van der Waals surface area contributed by atoms with Gasteiger partial charge < -0.3 is 9.47 Å². The molecule has 1 rings (SSSR count). The molecule has 0 saturated carbocycles. The summed E-state index contributed by atoms with van der Waals surface area (Å²) in [5.74, 6) is -0.409. The zero-order valence-corrected chi connectivity index (χ0v) is 17.5. The van der Waals surface area contributed by atoms with Crippen LogP contribution in [-0.2, 0) is 9.47 Å². The topological polar surface area (TPSA) is 52.6 Å². The Bertz CT molecular complexity index is 548. The third kappa shape index (κ3) is 9.07. The Morgan fingerprint density at radius 3 is 1.85 bits per heavy atom. The number of ether oxygens (including phenoxy) is 2. The molecule has 0 aliphatic carbocycles. The molecule has 1 aromatic rings. The molecule has 0 fully saturated rings. The minimum Gasteiger partial charge on any atom is -0.462 e. The lowest BCUT2D eigenvalue weighted by atomic mass is 10.1. The van der Waals surface area contributed by atoms with Crippen LogP contribution in [0.15, 0.2) is 24.3 Å². The van der Waals surface area contributed by atoms with E-state index in [1.165, 1.54) is 32.1 Å². The molecule has 0 aliphatic rings. The van der Waals surface area contributed by atoms with E-state index in [1.807, 2.05) is 20.8 Å². The predicted octanol–water partition coefficient (Wildman–Crippen LogP) is 6.19. The van der Waals surface area contributed by atoms with Gasteiger partial charge >= 0.3 is 11.9 Å². The standard InChI is InChI=1S/C23H36O4/c1-5-7-8-9-10-11-12-17-26-22(24)19-13-15-20(16-14-19)23(25)27-21(6-2)18(3)4/h13-16,18,21H,5-12,17H2,1-4H3. The van der Waals surface area contributed by atoms with Crippen LogP contribution in [0.5, 0.6) is 0 Å². The first-order valence-corrected chi connectivity index (χ1v) is 10.5. The molecule has 0 N–H and O–H groups in total. The fourth-order valence-electron chi connectivity index (χ4n) is 2.95. The van der Waals surface area contributed by atoms with E-state index in [0.29, 0.717) is 17.7 Å². The molecule has 27 heavy (non-hydrogen) atoms. The minimum atomic E-state index is -0.349. The largest absolute Gasteiger partial charge is 0.462 e. The van der Waals surface area contributed by atoms with E-state index in [2.05, 4.69) is 6.92 Å². The first-order chi connectivity index (χ1) is 13.0. The lowest BCUT2D eigenvalue weighted by Gasteiger charge is -2.19. The Labute approximate surface area is 164 Å². The van der Waals surface area contributed by atoms with E-state index in [-0.39, 0.29) is 24.0 Å². The summed E-state index contributed by atoms with van der Waals surface area (Å²) in [5, 5.41) is 0. The molecule has 0 bridgehead atoms. The van der Waals surface area contributed by atoms with Gasteiger partial charge in [-0.1, -0.05) is 66.2 Å². The number of unbranched alkanes of at least 4 members (excludes halogenated alkanes) is 6. The molecule has 4 heteroatoms. The smallest absolute Gasteiger partial charge is 0.338 e. The van der Waals surface area contributed by atoms with Crippen molar-refractivity contribution in [1.29, 1.82) is 0 Å². The molecule has 1 aromatic carbocycles. The number of carbonyl (C=O) groups is 2. The molecule has 4 nitrogen and oxygen atoms in total. The van der Waals surface area contributed by atoms with E-state index in [1.54, 1.807) is 24.3 Å². The van der Waals surface area contributed by atoms with Crippen molar-refractivity contribution in [3.8, 4) is 0 Å². The van der Waals surface area contributed by atoms with Gasteiger partial charge in [-0.05, 0) is 43.0 Å². The lowest BCUT2D eigenvalue weighted by molar-refractivity contribution is 0.0173. The van der Waals surface area contributed by atoms with Crippen LogP contribution in [0.3, 0.4) is 0 Å². The highest BCUT2D eigenvalue weighted by molar-refractivity contribution is 5.93. The van der Waals surface area contributed by atoms with E-state index in [9.17, 15) is 9.59 Å². The lowest BCUT2D eigenvalue weighted by Crippen LogP contribution is -2.22. The summed E-state index contributed by atoms with van der Waals surface area (Å²) in [5.41, 5.74) is 0.920. The molecular formula is C23H36O4. The number of hydrogen-bond acceptors (Lipinski definition) is 4. The van der Waals surface area contributed by atoms with E-state index in [4.69, 9.17) is 9.47 Å². The van der Waals surface area contributed by atoms with Crippen LogP contribution in [0.25, 0.3) is 0 Å². The van der Waals surface area contributed by atoms with Gasteiger partial charge in [0.15, 0.2) is 0 Å². The van der Waals surface area contributed by atoms with Gasteiger partial charge in [-0.2, -0.15) is 0 Å². The van der Waals surface area contributed by atoms with Gasteiger partial charge in [-0.25, -0.2) is 9.59 Å². The van der Waals surface area contributed by atoms with E-state index in [0.717, 1.165) is 19.3 Å². The Morgan fingerprint density at radius 1 is 0.815 bits per heavy atom. The molecule has 1 unspecified atom stereocenters. The van der Waals surface area contributed by atoms with Crippen molar-refractivity contribution in [2.45, 2.75) is 85.2 Å². The predicted molar refractivity (Wildman–Crippen MR) is 109 cm³/mol. The van der Waals surface area contributed by atoms with Gasteiger partial charge in [0.25, 0.3) is 0 Å². The molecular weight excluding hydrogens is 340 g/mol. The fourth-order valence-corrected chi connectivity index (χ4v) is 2.95. The Morgan fingerprint density at radius 2 is 1.33 bits per heavy atom. The summed E-state index contributed by atoms with van der Waals surface area (Å²) in [6, 6.07) is 6.50. The highest BCUT2D eigenvalue weighted by atomic mass is 16.5. The van der Waals surface area contributed by atoms with Gasteiger partial charge in [0.05, 0.1) is 17.7 Å². The summed E-state index contributed by atoms with van der Waals surface area (Å²) in [7, 11) is 0. The average molecular weight is 377 g/mol. The van der Waals surface area contributed by atoms with Crippen LogP contribution in [0.4, 0.5) is 0 Å². The second-order valence-corrected chi connectivity index (χ2v) is 7.43.